The molecule has 0 radical (unpaired) electrons. The summed E-state index contributed by atoms with van der Waals surface area (Å²) in [5, 5.41) is 11.4. The Balaban J connectivity index is 2.29. The number of alkyl halides is 2. The van der Waals surface area contributed by atoms with Crippen LogP contribution in [0, 0.1) is 11.8 Å². The Kier molecular flexibility index (Phi) is 4.42. The molecule has 0 saturated heterocycles. The number of hydrogen-bond donors (Lipinski definition) is 1. The van der Waals surface area contributed by atoms with Crippen LogP contribution in [0.5, 0.6) is 0 Å². The molecule has 3 fully saturated rings. The Labute approximate surface area is 154 Å². The molecule has 6 heteroatoms. The number of ketones is 1. The van der Waals surface area contributed by atoms with Gasteiger partial charge in [-0.05, 0) is 24.7 Å². The Bertz CT molecular complexity index is 535. The maximum atomic E-state index is 13.4. The highest BCUT2D eigenvalue weighted by Crippen LogP contribution is 2.75. The molecule has 0 amide bonds. The Hall–Kier alpha value is 0.250. The van der Waals surface area contributed by atoms with Crippen LogP contribution in [0.1, 0.15) is 38.5 Å². The third-order valence-electron chi connectivity index (χ3n) is 6.32. The molecule has 130 valence electrons. The zero-order valence-electron chi connectivity index (χ0n) is 13.6. The van der Waals surface area contributed by atoms with E-state index in [4.69, 9.17) is 9.47 Å². The summed E-state index contributed by atoms with van der Waals surface area (Å²) in [6.45, 7) is 3.73. The number of carbonyl (C=O) groups excluding carboxylic acids is 1. The molecule has 0 aromatic carbocycles. The quantitative estimate of drug-likeness (QED) is 0.404. The molecule has 3 saturated carbocycles. The number of carbonyl (C=O) groups is 1. The van der Waals surface area contributed by atoms with Gasteiger partial charge in [0.05, 0.1) is 0 Å². The van der Waals surface area contributed by atoms with Crippen LogP contribution in [-0.4, -0.2) is 45.1 Å². The van der Waals surface area contributed by atoms with Crippen molar-refractivity contribution < 1.29 is 19.4 Å². The number of aliphatic hydroxyl groups is 1. The first-order chi connectivity index (χ1) is 10.8. The average Bonchev–Trinajstić information content (AvgIpc) is 2.74. The number of methoxy groups -OCH3 is 2. The highest BCUT2D eigenvalue weighted by molar-refractivity contribution is 9.11. The summed E-state index contributed by atoms with van der Waals surface area (Å²) in [6, 6.07) is 0. The molecule has 3 aliphatic carbocycles. The number of rotatable bonds is 4. The van der Waals surface area contributed by atoms with Gasteiger partial charge in [-0.3, -0.25) is 4.79 Å². The molecule has 0 aliphatic heterocycles. The van der Waals surface area contributed by atoms with Gasteiger partial charge in [0.25, 0.3) is 0 Å². The van der Waals surface area contributed by atoms with Gasteiger partial charge in [0.1, 0.15) is 14.2 Å². The lowest BCUT2D eigenvalue weighted by atomic mass is 9.67. The van der Waals surface area contributed by atoms with Crippen molar-refractivity contribution in [3.63, 3.8) is 0 Å². The number of fused-ring (bicyclic) bond motifs is 5. The topological polar surface area (TPSA) is 55.8 Å². The molecular formula is C17H24Br2O4. The molecule has 5 atom stereocenters. The van der Waals surface area contributed by atoms with Crippen LogP contribution in [0.2, 0.25) is 0 Å². The molecule has 1 N–H and O–H groups in total. The zero-order valence-corrected chi connectivity index (χ0v) is 16.8. The van der Waals surface area contributed by atoms with Gasteiger partial charge in [-0.25, -0.2) is 0 Å². The molecule has 0 unspecified atom stereocenters. The molecular weight excluding hydrogens is 428 g/mol. The first-order valence-electron chi connectivity index (χ1n) is 8.18. The second kappa shape index (κ2) is 5.63. The Morgan fingerprint density at radius 3 is 2.30 bits per heavy atom. The molecule has 23 heavy (non-hydrogen) atoms. The Morgan fingerprint density at radius 2 is 1.78 bits per heavy atom. The fourth-order valence-corrected chi connectivity index (χ4v) is 8.81. The van der Waals surface area contributed by atoms with Crippen molar-refractivity contribution in [3.05, 3.63) is 12.7 Å². The maximum Gasteiger partial charge on any atom is 0.209 e. The van der Waals surface area contributed by atoms with E-state index < -0.39 is 20.0 Å². The fraction of sp³-hybridized carbons (Fsp3) is 0.824. The Morgan fingerprint density at radius 1 is 1.22 bits per heavy atom. The van der Waals surface area contributed by atoms with Gasteiger partial charge in [-0.1, -0.05) is 57.2 Å². The van der Waals surface area contributed by atoms with Gasteiger partial charge in [-0.2, -0.15) is 0 Å². The molecule has 0 heterocycles. The van der Waals surface area contributed by atoms with Gasteiger partial charge < -0.3 is 14.6 Å². The van der Waals surface area contributed by atoms with E-state index >= 15 is 0 Å². The summed E-state index contributed by atoms with van der Waals surface area (Å²) in [5.74, 6) is -1.34. The monoisotopic (exact) mass is 450 g/mol. The van der Waals surface area contributed by atoms with Crippen molar-refractivity contribution in [2.75, 3.05) is 14.2 Å². The predicted molar refractivity (Wildman–Crippen MR) is 94.9 cm³/mol. The van der Waals surface area contributed by atoms with Crippen LogP contribution < -0.4 is 0 Å². The van der Waals surface area contributed by atoms with Crippen molar-refractivity contribution >= 4 is 37.6 Å². The van der Waals surface area contributed by atoms with Crippen molar-refractivity contribution in [2.24, 2.45) is 11.8 Å². The molecule has 0 aromatic heterocycles. The highest BCUT2D eigenvalue weighted by Gasteiger charge is 2.91. The van der Waals surface area contributed by atoms with Gasteiger partial charge in [0.15, 0.2) is 5.78 Å². The second-order valence-corrected chi connectivity index (χ2v) is 9.48. The SMILES string of the molecule is C=CC[C@@]1(O)C(=O)[C@]2(Br)[C@@H]3CCCCC[C@@H]3[C@@]1(Br)C2(OC)OC. The van der Waals surface area contributed by atoms with Crippen molar-refractivity contribution in [1.29, 1.82) is 0 Å². The van der Waals surface area contributed by atoms with E-state index in [1.807, 2.05) is 0 Å². The van der Waals surface area contributed by atoms with Crippen molar-refractivity contribution in [2.45, 2.75) is 58.6 Å². The van der Waals surface area contributed by atoms with E-state index in [1.165, 1.54) is 0 Å². The van der Waals surface area contributed by atoms with Gasteiger partial charge in [-0.15, -0.1) is 6.58 Å². The molecule has 3 aliphatic rings. The van der Waals surface area contributed by atoms with Gasteiger partial charge in [0, 0.05) is 20.6 Å². The maximum absolute atomic E-state index is 13.4. The summed E-state index contributed by atoms with van der Waals surface area (Å²) < 4.78 is 9.65. The standard InChI is InChI=1S/C17H24Br2O4/c1-4-10-14(21)13(20)15(18)11-8-6-5-7-9-12(11)16(14,19)17(15,22-2)23-3/h4,11-12,21H,1,5-10H2,2-3H3/t11-,12+,14-,15-,16+/m1/s1. The summed E-state index contributed by atoms with van der Waals surface area (Å²) >= 11 is 7.54. The lowest BCUT2D eigenvalue weighted by Crippen LogP contribution is -2.63. The van der Waals surface area contributed by atoms with Crippen LogP contribution in [0.25, 0.3) is 0 Å². The highest BCUT2D eigenvalue weighted by atomic mass is 79.9. The van der Waals surface area contributed by atoms with Gasteiger partial charge >= 0.3 is 0 Å². The number of hydrogen-bond acceptors (Lipinski definition) is 4. The van der Waals surface area contributed by atoms with E-state index in [9.17, 15) is 9.90 Å². The molecule has 0 aromatic rings. The molecule has 3 rings (SSSR count). The minimum Gasteiger partial charge on any atom is -0.380 e. The van der Waals surface area contributed by atoms with E-state index in [-0.39, 0.29) is 24.0 Å². The van der Waals surface area contributed by atoms with E-state index in [1.54, 1.807) is 20.3 Å². The van der Waals surface area contributed by atoms with Crippen molar-refractivity contribution in [1.82, 2.24) is 0 Å². The average molecular weight is 452 g/mol. The predicted octanol–water partition coefficient (Wildman–Crippen LogP) is 3.34. The van der Waals surface area contributed by atoms with E-state index in [0.717, 1.165) is 32.1 Å². The summed E-state index contributed by atoms with van der Waals surface area (Å²) in [7, 11) is 3.10. The smallest absolute Gasteiger partial charge is 0.209 e. The first-order valence-corrected chi connectivity index (χ1v) is 9.76. The lowest BCUT2D eigenvalue weighted by Gasteiger charge is -2.47. The van der Waals surface area contributed by atoms with Crippen LogP contribution in [0.4, 0.5) is 0 Å². The molecule has 2 bridgehead atoms. The molecule has 0 spiro atoms. The van der Waals surface area contributed by atoms with Gasteiger partial charge in [0.2, 0.25) is 5.79 Å². The minimum atomic E-state index is -1.60. The summed E-state index contributed by atoms with van der Waals surface area (Å²) in [4.78, 5) is 13.4. The van der Waals surface area contributed by atoms with Crippen molar-refractivity contribution in [3.8, 4) is 0 Å². The zero-order chi connectivity index (χ0) is 17.1. The lowest BCUT2D eigenvalue weighted by molar-refractivity contribution is -0.229. The summed E-state index contributed by atoms with van der Waals surface area (Å²) in [6.07, 6.45) is 6.94. The van der Waals surface area contributed by atoms with E-state index in [0.29, 0.717) is 0 Å². The third-order valence-corrected chi connectivity index (χ3v) is 9.55. The number of ether oxygens (including phenoxy) is 2. The number of Topliss-reactive ketones (excluding diaryl/α,β-unsaturated/α-hetero) is 1. The number of halogens is 2. The van der Waals surface area contributed by atoms with Crippen LogP contribution >= 0.6 is 31.9 Å². The first kappa shape index (κ1) is 18.1. The van der Waals surface area contributed by atoms with E-state index in [2.05, 4.69) is 38.4 Å². The van der Waals surface area contributed by atoms with Crippen LogP contribution in [0.3, 0.4) is 0 Å². The molecule has 4 nitrogen and oxygen atoms in total. The third kappa shape index (κ3) is 1.70. The summed E-state index contributed by atoms with van der Waals surface area (Å²) in [5.41, 5.74) is -1.60. The van der Waals surface area contributed by atoms with Crippen LogP contribution in [-0.2, 0) is 14.3 Å². The normalized spacial score (nSPS) is 48.1. The minimum absolute atomic E-state index is 0.0712. The van der Waals surface area contributed by atoms with Crippen LogP contribution in [0.15, 0.2) is 12.7 Å². The largest absolute Gasteiger partial charge is 0.380 e. The fourth-order valence-electron chi connectivity index (χ4n) is 5.50. The second-order valence-electron chi connectivity index (χ2n) is 6.98.